The molecule has 0 fully saturated rings. The predicted molar refractivity (Wildman–Crippen MR) is 82.1 cm³/mol. The Morgan fingerprint density at radius 2 is 2.15 bits per heavy atom. The van der Waals surface area contributed by atoms with Crippen molar-refractivity contribution in [2.45, 2.75) is 26.4 Å². The molecule has 1 heterocycles. The Kier molecular flexibility index (Phi) is 4.92. The fourth-order valence-electron chi connectivity index (χ4n) is 1.90. The lowest BCUT2D eigenvalue weighted by atomic mass is 10.1. The number of urea groups is 1. The molecule has 0 saturated carbocycles. The fourth-order valence-corrected chi connectivity index (χ4v) is 2.77. The number of nitrogens with one attached hydrogen (secondary N) is 2. The van der Waals surface area contributed by atoms with Crippen molar-refractivity contribution >= 4 is 32.7 Å². The summed E-state index contributed by atoms with van der Waals surface area (Å²) >= 11 is 1.42. The summed E-state index contributed by atoms with van der Waals surface area (Å²) in [6.45, 7) is 4.31. The van der Waals surface area contributed by atoms with Crippen LogP contribution in [0.25, 0.3) is 10.2 Å². The van der Waals surface area contributed by atoms with Crippen LogP contribution in [0.5, 0.6) is 0 Å². The maximum atomic E-state index is 11.7. The second kappa shape index (κ2) is 6.67. The molecule has 1 aromatic carbocycles. The van der Waals surface area contributed by atoms with Crippen molar-refractivity contribution in [3.63, 3.8) is 0 Å². The molecule has 0 aliphatic heterocycles. The molecule has 20 heavy (non-hydrogen) atoms. The van der Waals surface area contributed by atoms with Gasteiger partial charge in [0.1, 0.15) is 0 Å². The molecule has 2 amide bonds. The van der Waals surface area contributed by atoms with Crippen LogP contribution in [0.2, 0.25) is 0 Å². The Bertz CT molecular complexity index is 550. The van der Waals surface area contributed by atoms with Crippen molar-refractivity contribution in [2.75, 3.05) is 11.9 Å². The number of amides is 2. The van der Waals surface area contributed by atoms with Crippen molar-refractivity contribution in [3.05, 3.63) is 24.3 Å². The van der Waals surface area contributed by atoms with Crippen LogP contribution < -0.4 is 10.6 Å². The largest absolute Gasteiger partial charge is 0.391 e. The van der Waals surface area contributed by atoms with Crippen molar-refractivity contribution < 1.29 is 9.90 Å². The van der Waals surface area contributed by atoms with Crippen molar-refractivity contribution in [1.82, 2.24) is 10.3 Å². The maximum Gasteiger partial charge on any atom is 0.321 e. The van der Waals surface area contributed by atoms with Crippen molar-refractivity contribution in [3.8, 4) is 0 Å². The Balaban J connectivity index is 1.85. The summed E-state index contributed by atoms with van der Waals surface area (Å²) in [7, 11) is 0. The van der Waals surface area contributed by atoms with E-state index in [9.17, 15) is 9.90 Å². The van der Waals surface area contributed by atoms with Gasteiger partial charge in [0.05, 0.1) is 16.3 Å². The molecule has 0 aliphatic rings. The van der Waals surface area contributed by atoms with E-state index in [1.54, 1.807) is 0 Å². The van der Waals surface area contributed by atoms with Gasteiger partial charge in [0.25, 0.3) is 0 Å². The number of fused-ring (bicyclic) bond motifs is 1. The zero-order valence-electron chi connectivity index (χ0n) is 11.6. The van der Waals surface area contributed by atoms with Gasteiger partial charge in [-0.2, -0.15) is 0 Å². The SMILES string of the molecule is CC(C)CC(O)CNC(=O)Nc1nc2ccccc2s1. The first-order valence-corrected chi connectivity index (χ1v) is 7.44. The minimum absolute atomic E-state index is 0.245. The summed E-state index contributed by atoms with van der Waals surface area (Å²) in [5.74, 6) is 0.402. The minimum atomic E-state index is -0.517. The number of benzene rings is 1. The molecule has 3 N–H and O–H groups in total. The van der Waals surface area contributed by atoms with E-state index in [1.807, 2.05) is 38.1 Å². The highest BCUT2D eigenvalue weighted by molar-refractivity contribution is 7.22. The highest BCUT2D eigenvalue weighted by Crippen LogP contribution is 2.25. The Morgan fingerprint density at radius 3 is 2.85 bits per heavy atom. The molecule has 6 heteroatoms. The zero-order valence-corrected chi connectivity index (χ0v) is 12.4. The summed E-state index contributed by atoms with van der Waals surface area (Å²) in [6.07, 6.45) is 0.151. The Hall–Kier alpha value is -1.66. The lowest BCUT2D eigenvalue weighted by Gasteiger charge is -2.13. The van der Waals surface area contributed by atoms with Crippen LogP contribution in [0.3, 0.4) is 0 Å². The van der Waals surface area contributed by atoms with E-state index >= 15 is 0 Å². The predicted octanol–water partition coefficient (Wildman–Crippen LogP) is 2.82. The molecule has 2 aromatic rings. The Labute approximate surface area is 122 Å². The van der Waals surface area contributed by atoms with Crippen molar-refractivity contribution in [1.29, 1.82) is 0 Å². The maximum absolute atomic E-state index is 11.7. The average Bonchev–Trinajstić information content (AvgIpc) is 2.77. The second-order valence-electron chi connectivity index (χ2n) is 5.11. The van der Waals surface area contributed by atoms with Gasteiger partial charge in [0.2, 0.25) is 0 Å². The molecule has 0 aliphatic carbocycles. The lowest BCUT2D eigenvalue weighted by Crippen LogP contribution is -2.35. The highest BCUT2D eigenvalue weighted by Gasteiger charge is 2.10. The molecular weight excluding hydrogens is 274 g/mol. The van der Waals surface area contributed by atoms with Crippen LogP contribution in [-0.2, 0) is 0 Å². The Morgan fingerprint density at radius 1 is 1.40 bits per heavy atom. The molecule has 1 aromatic heterocycles. The summed E-state index contributed by atoms with van der Waals surface area (Å²) in [6, 6.07) is 7.37. The van der Waals surface area contributed by atoms with E-state index in [1.165, 1.54) is 11.3 Å². The van der Waals surface area contributed by atoms with Crippen LogP contribution in [0.4, 0.5) is 9.93 Å². The van der Waals surface area contributed by atoms with Gasteiger partial charge in [-0.1, -0.05) is 37.3 Å². The highest BCUT2D eigenvalue weighted by atomic mass is 32.1. The van der Waals surface area contributed by atoms with Gasteiger partial charge in [-0.15, -0.1) is 0 Å². The van der Waals surface area contributed by atoms with Crippen molar-refractivity contribution in [2.24, 2.45) is 5.92 Å². The third kappa shape index (κ3) is 4.18. The number of carbonyl (C=O) groups is 1. The number of aromatic nitrogens is 1. The number of aliphatic hydroxyl groups excluding tert-OH is 1. The molecule has 1 unspecified atom stereocenters. The van der Waals surface area contributed by atoms with Crippen LogP contribution in [0.15, 0.2) is 24.3 Å². The van der Waals surface area contributed by atoms with E-state index < -0.39 is 6.10 Å². The molecule has 0 radical (unpaired) electrons. The van der Waals surface area contributed by atoms with Gasteiger partial charge in [0.15, 0.2) is 5.13 Å². The standard InChI is InChI=1S/C14H19N3O2S/c1-9(2)7-10(18)8-15-13(19)17-14-16-11-5-3-4-6-12(11)20-14/h3-6,9-10,18H,7-8H2,1-2H3,(H2,15,16,17,19). The fraction of sp³-hybridized carbons (Fsp3) is 0.429. The number of hydrogen-bond acceptors (Lipinski definition) is 4. The number of hydrogen-bond donors (Lipinski definition) is 3. The molecule has 0 spiro atoms. The van der Waals surface area contributed by atoms with Gasteiger partial charge in [-0.3, -0.25) is 5.32 Å². The normalized spacial score (nSPS) is 12.6. The number of anilines is 1. The molecular formula is C14H19N3O2S. The van der Waals surface area contributed by atoms with Gasteiger partial charge in [-0.05, 0) is 24.5 Å². The number of carbonyl (C=O) groups excluding carboxylic acids is 1. The van der Waals surface area contributed by atoms with Crippen LogP contribution in [0.1, 0.15) is 20.3 Å². The minimum Gasteiger partial charge on any atom is -0.391 e. The summed E-state index contributed by atoms with van der Waals surface area (Å²) < 4.78 is 1.03. The quantitative estimate of drug-likeness (QED) is 0.793. The lowest BCUT2D eigenvalue weighted by molar-refractivity contribution is 0.148. The third-order valence-corrected chi connectivity index (χ3v) is 3.71. The summed E-state index contributed by atoms with van der Waals surface area (Å²) in [5.41, 5.74) is 0.868. The third-order valence-electron chi connectivity index (χ3n) is 2.76. The molecule has 1 atom stereocenters. The monoisotopic (exact) mass is 293 g/mol. The van der Waals surface area contributed by atoms with Crippen LogP contribution in [-0.4, -0.2) is 28.8 Å². The first kappa shape index (κ1) is 14.7. The van der Waals surface area contributed by atoms with Gasteiger partial charge >= 0.3 is 6.03 Å². The van der Waals surface area contributed by atoms with E-state index in [2.05, 4.69) is 15.6 Å². The molecule has 0 saturated heterocycles. The molecule has 108 valence electrons. The number of rotatable bonds is 5. The van der Waals surface area contributed by atoms with Gasteiger partial charge < -0.3 is 10.4 Å². The van der Waals surface area contributed by atoms with Crippen LogP contribution in [0, 0.1) is 5.92 Å². The van der Waals surface area contributed by atoms with Crippen LogP contribution >= 0.6 is 11.3 Å². The number of thiazole rings is 1. The summed E-state index contributed by atoms with van der Waals surface area (Å²) in [5, 5.41) is 15.6. The van der Waals surface area contributed by atoms with E-state index in [-0.39, 0.29) is 12.6 Å². The van der Waals surface area contributed by atoms with Gasteiger partial charge in [0, 0.05) is 6.54 Å². The van der Waals surface area contributed by atoms with Gasteiger partial charge in [-0.25, -0.2) is 9.78 Å². The zero-order chi connectivity index (χ0) is 14.5. The van der Waals surface area contributed by atoms with E-state index in [4.69, 9.17) is 0 Å². The summed E-state index contributed by atoms with van der Waals surface area (Å²) in [4.78, 5) is 16.0. The first-order chi connectivity index (χ1) is 9.54. The van der Waals surface area contributed by atoms with E-state index in [0.717, 1.165) is 10.2 Å². The molecule has 5 nitrogen and oxygen atoms in total. The smallest absolute Gasteiger partial charge is 0.321 e. The average molecular weight is 293 g/mol. The second-order valence-corrected chi connectivity index (χ2v) is 6.14. The number of nitrogens with zero attached hydrogens (tertiary/aromatic N) is 1. The molecule has 0 bridgehead atoms. The molecule has 2 rings (SSSR count). The van der Waals surface area contributed by atoms with E-state index in [0.29, 0.717) is 17.5 Å². The number of aliphatic hydroxyl groups is 1. The first-order valence-electron chi connectivity index (χ1n) is 6.63. The number of para-hydroxylation sites is 1. The topological polar surface area (TPSA) is 74.2 Å².